The number of hydrogen-bond acceptors (Lipinski definition) is 5. The second-order valence-electron chi connectivity index (χ2n) is 4.98. The Balaban J connectivity index is 2.41. The smallest absolute Gasteiger partial charge is 0.327 e. The monoisotopic (exact) mass is 307 g/mol. The Morgan fingerprint density at radius 3 is 2.65 bits per heavy atom. The lowest BCUT2D eigenvalue weighted by Gasteiger charge is -2.14. The molecule has 0 radical (unpaired) electrons. The lowest BCUT2D eigenvalue weighted by atomic mass is 10.1. The molecule has 0 aromatic rings. The number of hydrogen-bond donors (Lipinski definition) is 2. The molecule has 1 aliphatic heterocycles. The molecule has 116 valence electrons. The Bertz CT molecular complexity index is 441. The molecule has 7 nitrogen and oxygen atoms in total. The minimum absolute atomic E-state index is 0.0871. The number of ether oxygens (including phenoxy) is 1. The highest BCUT2D eigenvalue weighted by molar-refractivity contribution is 7.91. The Kier molecular flexibility index (Phi) is 6.41. The second-order valence-corrected chi connectivity index (χ2v) is 7.21. The molecule has 1 saturated heterocycles. The van der Waals surface area contributed by atoms with Gasteiger partial charge in [-0.25, -0.2) is 13.2 Å². The zero-order valence-corrected chi connectivity index (χ0v) is 12.3. The predicted molar refractivity (Wildman–Crippen MR) is 72.1 cm³/mol. The molecule has 20 heavy (non-hydrogen) atoms. The van der Waals surface area contributed by atoms with Gasteiger partial charge in [0.1, 0.15) is 6.04 Å². The topological polar surface area (TPSA) is 110 Å². The fraction of sp³-hybridized carbons (Fsp3) is 0.833. The van der Waals surface area contributed by atoms with Crippen LogP contribution in [0.5, 0.6) is 0 Å². The van der Waals surface area contributed by atoms with E-state index in [0.717, 1.165) is 26.4 Å². The molecule has 1 aliphatic rings. The van der Waals surface area contributed by atoms with E-state index in [4.69, 9.17) is 9.84 Å². The maximum atomic E-state index is 11.8. The minimum Gasteiger partial charge on any atom is -0.480 e. The lowest BCUT2D eigenvalue weighted by molar-refractivity contribution is -0.140. The highest BCUT2D eigenvalue weighted by Gasteiger charge is 2.26. The Labute approximate surface area is 118 Å². The van der Waals surface area contributed by atoms with Crippen molar-refractivity contribution in [1.82, 2.24) is 5.32 Å². The maximum Gasteiger partial charge on any atom is 0.327 e. The van der Waals surface area contributed by atoms with Crippen molar-refractivity contribution in [3.8, 4) is 0 Å². The van der Waals surface area contributed by atoms with E-state index in [-0.39, 0.29) is 11.9 Å². The molecule has 0 aliphatic carbocycles. The first kappa shape index (κ1) is 16.9. The van der Waals surface area contributed by atoms with Crippen LogP contribution < -0.4 is 5.32 Å². The van der Waals surface area contributed by atoms with Crippen LogP contribution in [0.25, 0.3) is 0 Å². The van der Waals surface area contributed by atoms with E-state index in [0.29, 0.717) is 12.8 Å². The summed E-state index contributed by atoms with van der Waals surface area (Å²) in [5.74, 6) is -2.57. The van der Waals surface area contributed by atoms with Gasteiger partial charge in [0.2, 0.25) is 5.91 Å². The number of carbonyl (C=O) groups excluding carboxylic acids is 1. The van der Waals surface area contributed by atoms with Gasteiger partial charge in [-0.15, -0.1) is 0 Å². The predicted octanol–water partition coefficient (Wildman–Crippen LogP) is -0.0503. The molecule has 0 saturated carbocycles. The van der Waals surface area contributed by atoms with Crippen molar-refractivity contribution in [1.29, 1.82) is 0 Å². The zero-order chi connectivity index (χ0) is 15.2. The van der Waals surface area contributed by atoms with E-state index in [1.165, 1.54) is 0 Å². The molecule has 8 heteroatoms. The summed E-state index contributed by atoms with van der Waals surface area (Å²) in [6, 6.07) is -1.39. The first-order valence-electron chi connectivity index (χ1n) is 6.62. The molecular formula is C12H21NO6S. The van der Waals surface area contributed by atoms with Gasteiger partial charge < -0.3 is 15.2 Å². The summed E-state index contributed by atoms with van der Waals surface area (Å²) in [6.45, 7) is 1.88. The first-order chi connectivity index (χ1) is 9.30. The van der Waals surface area contributed by atoms with Crippen molar-refractivity contribution < 1.29 is 27.9 Å². The second kappa shape index (κ2) is 7.58. The highest BCUT2D eigenvalue weighted by Crippen LogP contribution is 2.17. The number of carbonyl (C=O) groups is 2. The number of rotatable bonds is 8. The van der Waals surface area contributed by atoms with Crippen LogP contribution in [0.2, 0.25) is 0 Å². The molecule has 2 unspecified atom stereocenters. The van der Waals surface area contributed by atoms with Crippen molar-refractivity contribution in [2.45, 2.75) is 44.8 Å². The number of carboxylic acid groups (broad SMARTS) is 1. The molecule has 1 heterocycles. The van der Waals surface area contributed by atoms with Crippen LogP contribution in [0.1, 0.15) is 32.6 Å². The van der Waals surface area contributed by atoms with Gasteiger partial charge in [-0.1, -0.05) is 0 Å². The van der Waals surface area contributed by atoms with Crippen LogP contribution in [0.3, 0.4) is 0 Å². The fourth-order valence-electron chi connectivity index (χ4n) is 2.16. The van der Waals surface area contributed by atoms with Crippen molar-refractivity contribution >= 4 is 21.7 Å². The first-order valence-corrected chi connectivity index (χ1v) is 8.44. The molecule has 2 N–H and O–H groups in total. The summed E-state index contributed by atoms with van der Waals surface area (Å²) in [6.07, 6.45) is 3.18. The van der Waals surface area contributed by atoms with Gasteiger partial charge in [0, 0.05) is 13.5 Å². The molecule has 1 rings (SSSR count). The van der Waals surface area contributed by atoms with Gasteiger partial charge in [0.25, 0.3) is 0 Å². The summed E-state index contributed by atoms with van der Waals surface area (Å²) in [4.78, 5) is 21.7. The van der Waals surface area contributed by atoms with E-state index in [2.05, 4.69) is 5.32 Å². The standard InChI is InChI=1S/C12H21NO6S/c1-9(14)13-11(12(15)16)8-20(17,18)7-3-5-10-4-2-6-19-10/h10-11H,2-8H2,1H3,(H,13,14)(H,15,16). The number of carboxylic acids is 1. The average Bonchev–Trinajstić information content (AvgIpc) is 2.79. The van der Waals surface area contributed by atoms with Gasteiger partial charge in [-0.05, 0) is 25.7 Å². The Morgan fingerprint density at radius 1 is 1.45 bits per heavy atom. The molecule has 0 spiro atoms. The van der Waals surface area contributed by atoms with Gasteiger partial charge >= 0.3 is 5.97 Å². The van der Waals surface area contributed by atoms with Crippen LogP contribution >= 0.6 is 0 Å². The number of amides is 1. The molecule has 0 aromatic carbocycles. The zero-order valence-electron chi connectivity index (χ0n) is 11.5. The fourth-order valence-corrected chi connectivity index (χ4v) is 3.67. The van der Waals surface area contributed by atoms with Crippen molar-refractivity contribution in [3.05, 3.63) is 0 Å². The van der Waals surface area contributed by atoms with E-state index in [9.17, 15) is 18.0 Å². The molecule has 1 amide bonds. The van der Waals surface area contributed by atoms with E-state index in [1.807, 2.05) is 0 Å². The van der Waals surface area contributed by atoms with Crippen LogP contribution in [0.15, 0.2) is 0 Å². The SMILES string of the molecule is CC(=O)NC(CS(=O)(=O)CCCC1CCCO1)C(=O)O. The lowest BCUT2D eigenvalue weighted by Crippen LogP contribution is -2.44. The van der Waals surface area contributed by atoms with Crippen molar-refractivity contribution in [2.24, 2.45) is 0 Å². The Morgan fingerprint density at radius 2 is 2.15 bits per heavy atom. The number of sulfone groups is 1. The molecule has 0 aromatic heterocycles. The summed E-state index contributed by atoms with van der Waals surface area (Å²) < 4.78 is 29.1. The number of aliphatic carboxylic acids is 1. The quantitative estimate of drug-likeness (QED) is 0.650. The molecule has 2 atom stereocenters. The summed E-state index contributed by atoms with van der Waals surface area (Å²) in [7, 11) is -3.51. The molecule has 1 fully saturated rings. The summed E-state index contributed by atoms with van der Waals surface area (Å²) in [5, 5.41) is 11.0. The third-order valence-corrected chi connectivity index (χ3v) is 4.85. The van der Waals surface area contributed by atoms with Crippen LogP contribution in [0, 0.1) is 0 Å². The van der Waals surface area contributed by atoms with Crippen molar-refractivity contribution in [3.63, 3.8) is 0 Å². The van der Waals surface area contributed by atoms with Gasteiger partial charge in [-0.3, -0.25) is 4.79 Å². The normalized spacial score (nSPS) is 20.6. The van der Waals surface area contributed by atoms with E-state index < -0.39 is 33.5 Å². The third-order valence-electron chi connectivity index (χ3n) is 3.10. The van der Waals surface area contributed by atoms with Crippen LogP contribution in [0.4, 0.5) is 0 Å². The summed E-state index contributed by atoms with van der Waals surface area (Å²) in [5.41, 5.74) is 0. The average molecular weight is 307 g/mol. The largest absolute Gasteiger partial charge is 0.480 e. The molecule has 0 bridgehead atoms. The van der Waals surface area contributed by atoms with Crippen LogP contribution in [-0.4, -0.2) is 55.7 Å². The highest BCUT2D eigenvalue weighted by atomic mass is 32.2. The van der Waals surface area contributed by atoms with Crippen LogP contribution in [-0.2, 0) is 24.2 Å². The van der Waals surface area contributed by atoms with Gasteiger partial charge in [-0.2, -0.15) is 0 Å². The van der Waals surface area contributed by atoms with Crippen molar-refractivity contribution in [2.75, 3.05) is 18.1 Å². The third kappa shape index (κ3) is 6.33. The van der Waals surface area contributed by atoms with Gasteiger partial charge in [0.05, 0.1) is 17.6 Å². The minimum atomic E-state index is -3.51. The summed E-state index contributed by atoms with van der Waals surface area (Å²) >= 11 is 0. The van der Waals surface area contributed by atoms with E-state index >= 15 is 0 Å². The van der Waals surface area contributed by atoms with Gasteiger partial charge in [0.15, 0.2) is 9.84 Å². The van der Waals surface area contributed by atoms with E-state index in [1.54, 1.807) is 0 Å². The Hall–Kier alpha value is -1.15. The number of nitrogens with one attached hydrogen (secondary N) is 1. The maximum absolute atomic E-state index is 11.8. The molecular weight excluding hydrogens is 286 g/mol.